The lowest BCUT2D eigenvalue weighted by atomic mass is 9.98. The van der Waals surface area contributed by atoms with Crippen molar-refractivity contribution in [3.05, 3.63) is 65.6 Å². The first-order valence-corrected chi connectivity index (χ1v) is 8.53. The first-order chi connectivity index (χ1) is 12.6. The van der Waals surface area contributed by atoms with Gasteiger partial charge in [0.2, 0.25) is 0 Å². The molecule has 0 unspecified atom stereocenters. The molecule has 1 aromatic carbocycles. The summed E-state index contributed by atoms with van der Waals surface area (Å²) in [7, 11) is 1.85. The van der Waals surface area contributed by atoms with Gasteiger partial charge in [0, 0.05) is 36.1 Å². The highest BCUT2D eigenvalue weighted by molar-refractivity contribution is 5.97. The Morgan fingerprint density at radius 1 is 1.19 bits per heavy atom. The van der Waals surface area contributed by atoms with Crippen molar-refractivity contribution in [2.75, 3.05) is 7.05 Å². The minimum absolute atomic E-state index is 0.0622. The van der Waals surface area contributed by atoms with E-state index in [9.17, 15) is 9.59 Å². The minimum atomic E-state index is -0.256. The monoisotopic (exact) mass is 344 g/mol. The molecule has 26 heavy (non-hydrogen) atoms. The standard InChI is InChI=1S/C20H16N4O2/c1-23-19(26)18-9-13(12-25)11-24(18)17-10-14(16-3-2-8-21-22-16)4-5-15(17)20(23)6-7-20/h2-5,8-12H,6-7H2,1H3. The van der Waals surface area contributed by atoms with Crippen molar-refractivity contribution in [3.63, 3.8) is 0 Å². The van der Waals surface area contributed by atoms with Crippen LogP contribution in [-0.4, -0.2) is 38.9 Å². The van der Waals surface area contributed by atoms with Crippen LogP contribution in [0.4, 0.5) is 0 Å². The molecule has 1 amide bonds. The maximum Gasteiger partial charge on any atom is 0.271 e. The Balaban J connectivity index is 1.80. The van der Waals surface area contributed by atoms with E-state index in [2.05, 4.69) is 16.3 Å². The smallest absolute Gasteiger partial charge is 0.271 e. The van der Waals surface area contributed by atoms with Gasteiger partial charge in [0.15, 0.2) is 6.29 Å². The summed E-state index contributed by atoms with van der Waals surface area (Å²) >= 11 is 0. The van der Waals surface area contributed by atoms with Crippen LogP contribution in [0.15, 0.2) is 48.8 Å². The molecule has 3 aromatic rings. The molecule has 1 fully saturated rings. The average molecular weight is 344 g/mol. The van der Waals surface area contributed by atoms with Crippen molar-refractivity contribution >= 4 is 12.2 Å². The number of amides is 1. The first-order valence-electron chi connectivity index (χ1n) is 8.53. The molecule has 0 N–H and O–H groups in total. The molecule has 5 rings (SSSR count). The second-order valence-corrected chi connectivity index (χ2v) is 6.88. The summed E-state index contributed by atoms with van der Waals surface area (Å²) in [5.74, 6) is -0.0622. The van der Waals surface area contributed by atoms with E-state index in [1.807, 2.05) is 40.8 Å². The maximum absolute atomic E-state index is 13.0. The Bertz CT molecular complexity index is 1050. The summed E-state index contributed by atoms with van der Waals surface area (Å²) in [5, 5.41) is 8.14. The molecular formula is C20H16N4O2. The summed E-state index contributed by atoms with van der Waals surface area (Å²) in [4.78, 5) is 26.1. The van der Waals surface area contributed by atoms with Crippen LogP contribution >= 0.6 is 0 Å². The van der Waals surface area contributed by atoms with E-state index < -0.39 is 0 Å². The van der Waals surface area contributed by atoms with Crippen molar-refractivity contribution in [2.24, 2.45) is 0 Å². The number of fused-ring (bicyclic) bond motifs is 4. The zero-order valence-corrected chi connectivity index (χ0v) is 14.2. The van der Waals surface area contributed by atoms with Gasteiger partial charge in [-0.3, -0.25) is 9.59 Å². The lowest BCUT2D eigenvalue weighted by Crippen LogP contribution is -2.36. The van der Waals surface area contributed by atoms with Crippen LogP contribution in [0, 0.1) is 0 Å². The number of carbonyl (C=O) groups is 2. The summed E-state index contributed by atoms with van der Waals surface area (Å²) in [6.07, 6.45) is 6.03. The highest BCUT2D eigenvalue weighted by Gasteiger charge is 2.53. The summed E-state index contributed by atoms with van der Waals surface area (Å²) < 4.78 is 1.84. The van der Waals surface area contributed by atoms with Gasteiger partial charge in [0.1, 0.15) is 5.69 Å². The quantitative estimate of drug-likeness (QED) is 0.671. The Morgan fingerprint density at radius 2 is 2.04 bits per heavy atom. The van der Waals surface area contributed by atoms with Crippen LogP contribution in [-0.2, 0) is 5.54 Å². The molecule has 1 saturated carbocycles. The van der Waals surface area contributed by atoms with Crippen LogP contribution in [0.1, 0.15) is 39.3 Å². The van der Waals surface area contributed by atoms with Gasteiger partial charge in [0.25, 0.3) is 5.91 Å². The number of nitrogens with zero attached hydrogens (tertiary/aromatic N) is 4. The number of aromatic nitrogens is 3. The number of hydrogen-bond acceptors (Lipinski definition) is 4. The Labute approximate surface area is 150 Å². The molecule has 0 atom stereocenters. The zero-order valence-electron chi connectivity index (χ0n) is 14.2. The van der Waals surface area contributed by atoms with Crippen LogP contribution in [0.5, 0.6) is 0 Å². The van der Waals surface area contributed by atoms with Crippen molar-refractivity contribution in [2.45, 2.75) is 18.4 Å². The maximum atomic E-state index is 13.0. The lowest BCUT2D eigenvalue weighted by Gasteiger charge is -2.27. The van der Waals surface area contributed by atoms with Gasteiger partial charge in [0.05, 0.1) is 16.9 Å². The van der Waals surface area contributed by atoms with Gasteiger partial charge in [-0.25, -0.2) is 0 Å². The molecular weight excluding hydrogens is 328 g/mol. The summed E-state index contributed by atoms with van der Waals surface area (Å²) in [5.41, 5.74) is 4.47. The van der Waals surface area contributed by atoms with Crippen molar-refractivity contribution in [1.29, 1.82) is 0 Å². The molecule has 128 valence electrons. The van der Waals surface area contributed by atoms with Gasteiger partial charge in [-0.15, -0.1) is 0 Å². The molecule has 1 spiro atoms. The number of rotatable bonds is 2. The Morgan fingerprint density at radius 3 is 2.73 bits per heavy atom. The molecule has 6 heteroatoms. The van der Waals surface area contributed by atoms with E-state index in [1.54, 1.807) is 18.5 Å². The van der Waals surface area contributed by atoms with Crippen LogP contribution in [0.25, 0.3) is 16.9 Å². The molecule has 6 nitrogen and oxygen atoms in total. The molecule has 0 radical (unpaired) electrons. The van der Waals surface area contributed by atoms with Crippen LogP contribution < -0.4 is 0 Å². The fourth-order valence-electron chi connectivity index (χ4n) is 3.92. The molecule has 3 heterocycles. The number of carbonyl (C=O) groups excluding carboxylic acids is 2. The zero-order chi connectivity index (χ0) is 17.9. The molecule has 0 saturated heterocycles. The predicted octanol–water partition coefficient (Wildman–Crippen LogP) is 2.82. The number of benzene rings is 1. The highest BCUT2D eigenvalue weighted by Crippen LogP contribution is 2.54. The van der Waals surface area contributed by atoms with Gasteiger partial charge in [-0.05, 0) is 37.1 Å². The summed E-state index contributed by atoms with van der Waals surface area (Å²) in [6.45, 7) is 0. The average Bonchev–Trinajstić information content (AvgIpc) is 3.39. The van der Waals surface area contributed by atoms with Crippen LogP contribution in [0.2, 0.25) is 0 Å². The Hall–Kier alpha value is -3.28. The lowest BCUT2D eigenvalue weighted by molar-refractivity contribution is 0.0705. The third-order valence-electron chi connectivity index (χ3n) is 5.49. The fourth-order valence-corrected chi connectivity index (χ4v) is 3.92. The fraction of sp³-hybridized carbons (Fsp3) is 0.200. The van der Waals surface area contributed by atoms with E-state index in [0.717, 1.165) is 41.6 Å². The Kier molecular flexibility index (Phi) is 2.95. The third-order valence-corrected chi connectivity index (χ3v) is 5.49. The third kappa shape index (κ3) is 1.92. The largest absolute Gasteiger partial charge is 0.331 e. The van der Waals surface area contributed by atoms with Gasteiger partial charge >= 0.3 is 0 Å². The van der Waals surface area contributed by atoms with E-state index in [-0.39, 0.29) is 11.4 Å². The normalized spacial score (nSPS) is 16.8. The van der Waals surface area contributed by atoms with Gasteiger partial charge < -0.3 is 9.47 Å². The first kappa shape index (κ1) is 15.0. The predicted molar refractivity (Wildman–Crippen MR) is 95.2 cm³/mol. The molecule has 1 aliphatic heterocycles. The number of aldehydes is 1. The minimum Gasteiger partial charge on any atom is -0.331 e. The molecule has 1 aliphatic carbocycles. The molecule has 0 bridgehead atoms. The van der Waals surface area contributed by atoms with Crippen molar-refractivity contribution < 1.29 is 9.59 Å². The topological polar surface area (TPSA) is 68.1 Å². The van der Waals surface area contributed by atoms with Crippen LogP contribution in [0.3, 0.4) is 0 Å². The van der Waals surface area contributed by atoms with E-state index in [0.29, 0.717) is 11.3 Å². The van der Waals surface area contributed by atoms with E-state index >= 15 is 0 Å². The molecule has 2 aromatic heterocycles. The molecule has 2 aliphatic rings. The van der Waals surface area contributed by atoms with Gasteiger partial charge in [-0.2, -0.15) is 10.2 Å². The summed E-state index contributed by atoms with van der Waals surface area (Å²) in [6, 6.07) is 11.5. The van der Waals surface area contributed by atoms with Crippen molar-refractivity contribution in [1.82, 2.24) is 19.7 Å². The SMILES string of the molecule is CN1C(=O)c2cc(C=O)cn2-c2cc(-c3cccnn3)ccc2C12CC2. The van der Waals surface area contributed by atoms with Crippen molar-refractivity contribution in [3.8, 4) is 16.9 Å². The van der Waals surface area contributed by atoms with E-state index in [4.69, 9.17) is 0 Å². The highest BCUT2D eigenvalue weighted by atomic mass is 16.2. The second-order valence-electron chi connectivity index (χ2n) is 6.88. The second kappa shape index (κ2) is 5.11. The van der Waals surface area contributed by atoms with Gasteiger partial charge in [-0.1, -0.05) is 12.1 Å². The number of hydrogen-bond donors (Lipinski definition) is 0. The van der Waals surface area contributed by atoms with E-state index in [1.165, 1.54) is 0 Å².